The summed E-state index contributed by atoms with van der Waals surface area (Å²) in [6.07, 6.45) is 4.97. The van der Waals surface area contributed by atoms with Crippen LogP contribution in [0.5, 0.6) is 0 Å². The average molecular weight is 296 g/mol. The van der Waals surface area contributed by atoms with Gasteiger partial charge in [-0.2, -0.15) is 0 Å². The van der Waals surface area contributed by atoms with E-state index in [0.29, 0.717) is 24.9 Å². The molecular weight excluding hydrogens is 268 g/mol. The highest BCUT2D eigenvalue weighted by Gasteiger charge is 2.35. The molecule has 1 amide bonds. The Morgan fingerprint density at radius 1 is 1.33 bits per heavy atom. The zero-order valence-electron chi connectivity index (χ0n) is 13.3. The van der Waals surface area contributed by atoms with E-state index in [1.54, 1.807) is 11.8 Å². The third-order valence-electron chi connectivity index (χ3n) is 4.55. The average Bonchev–Trinajstić information content (AvgIpc) is 3.30. The minimum atomic E-state index is -0.287. The Morgan fingerprint density at radius 3 is 2.67 bits per heavy atom. The number of ether oxygens (including phenoxy) is 1. The number of nitrogens with zero attached hydrogens (tertiary/aromatic N) is 1. The first-order valence-electron chi connectivity index (χ1n) is 8.27. The smallest absolute Gasteiger partial charge is 0.325 e. The highest BCUT2D eigenvalue weighted by atomic mass is 16.5. The molecule has 0 aromatic rings. The lowest BCUT2D eigenvalue weighted by atomic mass is 9.85. The minimum Gasteiger partial charge on any atom is -0.465 e. The van der Waals surface area contributed by atoms with Gasteiger partial charge in [0, 0.05) is 12.5 Å². The van der Waals surface area contributed by atoms with Crippen molar-refractivity contribution in [2.75, 3.05) is 26.2 Å². The summed E-state index contributed by atoms with van der Waals surface area (Å²) in [6, 6.07) is 0.263. The summed E-state index contributed by atoms with van der Waals surface area (Å²) >= 11 is 0. The first-order chi connectivity index (χ1) is 10.1. The maximum atomic E-state index is 12.5. The lowest BCUT2D eigenvalue weighted by Gasteiger charge is -2.30. The van der Waals surface area contributed by atoms with Crippen LogP contribution in [0.25, 0.3) is 0 Å². The summed E-state index contributed by atoms with van der Waals surface area (Å²) < 4.78 is 4.98. The van der Waals surface area contributed by atoms with Gasteiger partial charge in [0.15, 0.2) is 0 Å². The number of carbonyl (C=O) groups excluding carboxylic acids is 2. The topological polar surface area (TPSA) is 58.6 Å². The third kappa shape index (κ3) is 4.99. The van der Waals surface area contributed by atoms with Crippen LogP contribution in [-0.4, -0.2) is 49.1 Å². The Balaban J connectivity index is 1.84. The molecule has 0 aromatic heterocycles. The van der Waals surface area contributed by atoms with Crippen LogP contribution in [-0.2, 0) is 14.3 Å². The third-order valence-corrected chi connectivity index (χ3v) is 4.55. The molecule has 1 N–H and O–H groups in total. The van der Waals surface area contributed by atoms with E-state index in [9.17, 15) is 9.59 Å². The SMILES string of the molecule is CCOC(=O)CN(C(=O)CC(C)C1CCCNC1)C1CC1. The van der Waals surface area contributed by atoms with E-state index in [0.717, 1.165) is 25.9 Å². The van der Waals surface area contributed by atoms with Crippen LogP contribution in [0.4, 0.5) is 0 Å². The number of nitrogens with one attached hydrogen (secondary N) is 1. The first kappa shape index (κ1) is 16.3. The molecule has 2 rings (SSSR count). The van der Waals surface area contributed by atoms with Gasteiger partial charge in [0.05, 0.1) is 6.61 Å². The van der Waals surface area contributed by atoms with Crippen molar-refractivity contribution in [3.05, 3.63) is 0 Å². The Bertz CT molecular complexity index is 363. The van der Waals surface area contributed by atoms with Crippen LogP contribution in [0.2, 0.25) is 0 Å². The summed E-state index contributed by atoms with van der Waals surface area (Å²) in [5, 5.41) is 3.40. The Labute approximate surface area is 127 Å². The molecule has 1 aliphatic heterocycles. The summed E-state index contributed by atoms with van der Waals surface area (Å²) in [6.45, 7) is 6.54. The zero-order chi connectivity index (χ0) is 15.2. The number of amides is 1. The van der Waals surface area contributed by atoms with Crippen molar-refractivity contribution < 1.29 is 14.3 Å². The maximum Gasteiger partial charge on any atom is 0.325 e. The molecule has 0 radical (unpaired) electrons. The summed E-state index contributed by atoms with van der Waals surface area (Å²) in [5.41, 5.74) is 0. The first-order valence-corrected chi connectivity index (χ1v) is 8.27. The number of carbonyl (C=O) groups is 2. The van der Waals surface area contributed by atoms with Crippen molar-refractivity contribution in [2.24, 2.45) is 11.8 Å². The van der Waals surface area contributed by atoms with Gasteiger partial charge in [-0.3, -0.25) is 9.59 Å². The zero-order valence-corrected chi connectivity index (χ0v) is 13.3. The van der Waals surface area contributed by atoms with E-state index in [4.69, 9.17) is 4.74 Å². The second kappa shape index (κ2) is 7.78. The van der Waals surface area contributed by atoms with Gasteiger partial charge >= 0.3 is 5.97 Å². The van der Waals surface area contributed by atoms with Gasteiger partial charge in [0.2, 0.25) is 5.91 Å². The molecule has 1 heterocycles. The second-order valence-electron chi connectivity index (χ2n) is 6.35. The molecule has 2 unspecified atom stereocenters. The quantitative estimate of drug-likeness (QED) is 0.725. The van der Waals surface area contributed by atoms with Crippen molar-refractivity contribution in [3.8, 4) is 0 Å². The van der Waals surface area contributed by atoms with Gasteiger partial charge in [-0.15, -0.1) is 0 Å². The van der Waals surface area contributed by atoms with Gasteiger partial charge in [-0.1, -0.05) is 6.92 Å². The van der Waals surface area contributed by atoms with Crippen LogP contribution < -0.4 is 5.32 Å². The van der Waals surface area contributed by atoms with Gasteiger partial charge in [0.25, 0.3) is 0 Å². The molecule has 120 valence electrons. The summed E-state index contributed by atoms with van der Waals surface area (Å²) in [5.74, 6) is 0.772. The van der Waals surface area contributed by atoms with E-state index in [1.165, 1.54) is 12.8 Å². The summed E-state index contributed by atoms with van der Waals surface area (Å²) in [7, 11) is 0. The molecule has 21 heavy (non-hydrogen) atoms. The number of hydrogen-bond acceptors (Lipinski definition) is 4. The standard InChI is InChI=1S/C16H28N2O3/c1-3-21-16(20)11-18(14-6-7-14)15(19)9-12(2)13-5-4-8-17-10-13/h12-14,17H,3-11H2,1-2H3. The van der Waals surface area contributed by atoms with Crippen LogP contribution in [0.3, 0.4) is 0 Å². The maximum absolute atomic E-state index is 12.5. The number of piperidine rings is 1. The molecule has 2 fully saturated rings. The number of hydrogen-bond donors (Lipinski definition) is 1. The molecule has 0 bridgehead atoms. The Hall–Kier alpha value is -1.10. The van der Waals surface area contributed by atoms with Crippen molar-refractivity contribution in [1.29, 1.82) is 0 Å². The minimum absolute atomic E-state index is 0.114. The normalized spacial score (nSPS) is 23.4. The molecule has 0 spiro atoms. The fourth-order valence-corrected chi connectivity index (χ4v) is 3.08. The van der Waals surface area contributed by atoms with E-state index < -0.39 is 0 Å². The predicted molar refractivity (Wildman–Crippen MR) is 80.7 cm³/mol. The Morgan fingerprint density at radius 2 is 2.10 bits per heavy atom. The van der Waals surface area contributed by atoms with Crippen LogP contribution in [0.1, 0.15) is 46.0 Å². The molecule has 1 aliphatic carbocycles. The predicted octanol–water partition coefficient (Wildman–Crippen LogP) is 1.57. The van der Waals surface area contributed by atoms with E-state index >= 15 is 0 Å². The van der Waals surface area contributed by atoms with Crippen molar-refractivity contribution in [1.82, 2.24) is 10.2 Å². The van der Waals surface area contributed by atoms with Gasteiger partial charge in [-0.25, -0.2) is 0 Å². The lowest BCUT2D eigenvalue weighted by Crippen LogP contribution is -2.40. The van der Waals surface area contributed by atoms with Crippen LogP contribution >= 0.6 is 0 Å². The molecule has 0 aromatic carbocycles. The summed E-state index contributed by atoms with van der Waals surface area (Å²) in [4.78, 5) is 25.9. The van der Waals surface area contributed by atoms with Gasteiger partial charge < -0.3 is 15.0 Å². The highest BCUT2D eigenvalue weighted by Crippen LogP contribution is 2.29. The number of esters is 1. The lowest BCUT2D eigenvalue weighted by molar-refractivity contribution is -0.149. The monoisotopic (exact) mass is 296 g/mol. The molecule has 5 heteroatoms. The van der Waals surface area contributed by atoms with Gasteiger partial charge in [0.1, 0.15) is 6.54 Å². The molecule has 5 nitrogen and oxygen atoms in total. The molecule has 2 aliphatic rings. The molecule has 1 saturated heterocycles. The van der Waals surface area contributed by atoms with Gasteiger partial charge in [-0.05, 0) is 57.5 Å². The van der Waals surface area contributed by atoms with Crippen molar-refractivity contribution >= 4 is 11.9 Å². The van der Waals surface area contributed by atoms with E-state index in [2.05, 4.69) is 12.2 Å². The van der Waals surface area contributed by atoms with Crippen LogP contribution in [0.15, 0.2) is 0 Å². The largest absolute Gasteiger partial charge is 0.465 e. The fraction of sp³-hybridized carbons (Fsp3) is 0.875. The van der Waals surface area contributed by atoms with E-state index in [1.807, 2.05) is 0 Å². The van der Waals surface area contributed by atoms with Crippen molar-refractivity contribution in [2.45, 2.75) is 52.0 Å². The molecular formula is C16H28N2O3. The second-order valence-corrected chi connectivity index (χ2v) is 6.35. The van der Waals surface area contributed by atoms with Crippen molar-refractivity contribution in [3.63, 3.8) is 0 Å². The molecule has 2 atom stereocenters. The highest BCUT2D eigenvalue weighted by molar-refractivity contribution is 5.82. The number of rotatable bonds is 7. The van der Waals surface area contributed by atoms with E-state index in [-0.39, 0.29) is 24.5 Å². The fourth-order valence-electron chi connectivity index (χ4n) is 3.08. The Kier molecular flexibility index (Phi) is 6.03. The molecule has 1 saturated carbocycles. The van der Waals surface area contributed by atoms with Crippen LogP contribution in [0, 0.1) is 11.8 Å².